The molecule has 0 aliphatic heterocycles. The third-order valence-electron chi connectivity index (χ3n) is 3.21. The molecule has 0 fully saturated rings. The number of nitrogens with one attached hydrogen (secondary N) is 1. The lowest BCUT2D eigenvalue weighted by Crippen LogP contribution is -2.24. The number of hydrogen-bond acceptors (Lipinski definition) is 2. The van der Waals surface area contributed by atoms with Gasteiger partial charge in [-0.15, -0.1) is 0 Å². The zero-order chi connectivity index (χ0) is 17.2. The van der Waals surface area contributed by atoms with E-state index in [0.29, 0.717) is 11.6 Å². The van der Waals surface area contributed by atoms with Crippen LogP contribution in [0.25, 0.3) is 0 Å². The van der Waals surface area contributed by atoms with Crippen molar-refractivity contribution in [3.63, 3.8) is 0 Å². The maximum atomic E-state index is 13.0. The first-order valence-corrected chi connectivity index (χ1v) is 6.62. The van der Waals surface area contributed by atoms with Crippen molar-refractivity contribution in [1.29, 1.82) is 0 Å². The second-order valence-corrected chi connectivity index (χ2v) is 5.00. The van der Waals surface area contributed by atoms with E-state index in [4.69, 9.17) is 0 Å². The summed E-state index contributed by atoms with van der Waals surface area (Å²) in [6, 6.07) is 6.57. The number of amides is 1. The van der Waals surface area contributed by atoms with Crippen molar-refractivity contribution in [3.8, 4) is 5.75 Å². The zero-order valence-corrected chi connectivity index (χ0v) is 12.0. The van der Waals surface area contributed by atoms with Gasteiger partial charge < -0.3 is 10.4 Å². The molecule has 122 valence electrons. The van der Waals surface area contributed by atoms with E-state index in [1.165, 1.54) is 12.1 Å². The maximum absolute atomic E-state index is 13.0. The Morgan fingerprint density at radius 1 is 1.17 bits per heavy atom. The fourth-order valence-electron chi connectivity index (χ4n) is 2.07. The highest BCUT2D eigenvalue weighted by Crippen LogP contribution is 2.32. The molecule has 23 heavy (non-hydrogen) atoms. The van der Waals surface area contributed by atoms with Crippen LogP contribution in [0.5, 0.6) is 5.75 Å². The smallest absolute Gasteiger partial charge is 0.416 e. The molecule has 0 aliphatic carbocycles. The fraction of sp³-hybridized carbons (Fsp3) is 0.188. The number of alkyl halides is 3. The van der Waals surface area contributed by atoms with Gasteiger partial charge in [0.1, 0.15) is 11.6 Å². The monoisotopic (exact) mass is 327 g/mol. The van der Waals surface area contributed by atoms with Gasteiger partial charge in [-0.3, -0.25) is 4.79 Å². The molecule has 0 heterocycles. The van der Waals surface area contributed by atoms with Gasteiger partial charge in [-0.2, -0.15) is 13.2 Å². The summed E-state index contributed by atoms with van der Waals surface area (Å²) in [5.74, 6) is -2.00. The van der Waals surface area contributed by atoms with Crippen LogP contribution < -0.4 is 5.32 Å². The first kappa shape index (κ1) is 16.8. The third kappa shape index (κ3) is 4.00. The number of phenols is 1. The van der Waals surface area contributed by atoms with Crippen molar-refractivity contribution in [2.24, 2.45) is 0 Å². The standard InChI is InChI=1S/C16H13F4NO2/c1-9-2-5-14(22)12(6-9)15(23)21-8-10-3-4-11(17)7-13(10)16(18,19)20/h2-7,22H,8H2,1H3,(H,21,23). The van der Waals surface area contributed by atoms with E-state index in [1.807, 2.05) is 0 Å². The van der Waals surface area contributed by atoms with Crippen LogP contribution in [0, 0.1) is 12.7 Å². The molecule has 2 aromatic carbocycles. The Bertz CT molecular complexity index is 741. The van der Waals surface area contributed by atoms with E-state index in [9.17, 15) is 27.5 Å². The lowest BCUT2D eigenvalue weighted by Gasteiger charge is -2.14. The second-order valence-electron chi connectivity index (χ2n) is 5.00. The summed E-state index contributed by atoms with van der Waals surface area (Å²) < 4.78 is 51.6. The van der Waals surface area contributed by atoms with Gasteiger partial charge in [0.05, 0.1) is 11.1 Å². The number of carbonyl (C=O) groups is 1. The van der Waals surface area contributed by atoms with Crippen molar-refractivity contribution in [2.45, 2.75) is 19.6 Å². The van der Waals surface area contributed by atoms with E-state index >= 15 is 0 Å². The number of phenolic OH excluding ortho intramolecular Hbond substituents is 1. The highest BCUT2D eigenvalue weighted by Gasteiger charge is 2.33. The van der Waals surface area contributed by atoms with Gasteiger partial charge in [0.15, 0.2) is 0 Å². The number of rotatable bonds is 3. The summed E-state index contributed by atoms with van der Waals surface area (Å²) in [5.41, 5.74) is -0.739. The Morgan fingerprint density at radius 3 is 2.52 bits per heavy atom. The number of hydrogen-bond donors (Lipinski definition) is 2. The minimum Gasteiger partial charge on any atom is -0.507 e. The van der Waals surface area contributed by atoms with Crippen LogP contribution in [-0.4, -0.2) is 11.0 Å². The van der Waals surface area contributed by atoms with Crippen LogP contribution in [0.3, 0.4) is 0 Å². The van der Waals surface area contributed by atoms with Crippen molar-refractivity contribution >= 4 is 5.91 Å². The van der Waals surface area contributed by atoms with Crippen molar-refractivity contribution in [3.05, 3.63) is 64.5 Å². The lowest BCUT2D eigenvalue weighted by molar-refractivity contribution is -0.138. The van der Waals surface area contributed by atoms with Crippen LogP contribution in [0.15, 0.2) is 36.4 Å². The van der Waals surface area contributed by atoms with Gasteiger partial charge in [0.2, 0.25) is 0 Å². The minimum absolute atomic E-state index is 0.0410. The molecule has 0 saturated carbocycles. The second kappa shape index (κ2) is 6.28. The number of aryl methyl sites for hydroxylation is 1. The quantitative estimate of drug-likeness (QED) is 0.843. The summed E-state index contributed by atoms with van der Waals surface area (Å²) in [5, 5.41) is 11.9. The topological polar surface area (TPSA) is 49.3 Å². The molecular formula is C16H13F4NO2. The molecule has 0 atom stereocenters. The molecule has 0 saturated heterocycles. The molecule has 2 aromatic rings. The van der Waals surface area contributed by atoms with E-state index in [1.54, 1.807) is 13.0 Å². The molecule has 0 bridgehead atoms. The van der Waals surface area contributed by atoms with Crippen LogP contribution in [-0.2, 0) is 12.7 Å². The molecule has 2 N–H and O–H groups in total. The summed E-state index contributed by atoms with van der Waals surface area (Å²) in [4.78, 5) is 12.0. The Hall–Kier alpha value is -2.57. The number of aromatic hydroxyl groups is 1. The van der Waals surface area contributed by atoms with Crippen molar-refractivity contribution in [1.82, 2.24) is 5.32 Å². The molecule has 0 spiro atoms. The normalized spacial score (nSPS) is 11.3. The Balaban J connectivity index is 2.21. The van der Waals surface area contributed by atoms with Crippen LogP contribution in [0.4, 0.5) is 17.6 Å². The highest BCUT2D eigenvalue weighted by molar-refractivity contribution is 5.96. The van der Waals surface area contributed by atoms with E-state index in [-0.39, 0.29) is 16.9 Å². The Labute approximate surface area is 129 Å². The molecule has 0 aromatic heterocycles. The van der Waals surface area contributed by atoms with Crippen LogP contribution in [0.2, 0.25) is 0 Å². The predicted octanol–water partition coefficient (Wildman–Crippen LogP) is 3.79. The third-order valence-corrected chi connectivity index (χ3v) is 3.21. The SMILES string of the molecule is Cc1ccc(O)c(C(=O)NCc2ccc(F)cc2C(F)(F)F)c1. The number of benzene rings is 2. The average Bonchev–Trinajstić information content (AvgIpc) is 2.47. The van der Waals surface area contributed by atoms with Gasteiger partial charge >= 0.3 is 6.18 Å². The first-order chi connectivity index (χ1) is 10.7. The number of carbonyl (C=O) groups excluding carboxylic acids is 1. The van der Waals surface area contributed by atoms with Crippen molar-refractivity contribution in [2.75, 3.05) is 0 Å². The molecule has 0 unspecified atom stereocenters. The van der Waals surface area contributed by atoms with Gasteiger partial charge in [-0.25, -0.2) is 4.39 Å². The van der Waals surface area contributed by atoms with E-state index < -0.39 is 30.0 Å². The molecule has 2 rings (SSSR count). The average molecular weight is 327 g/mol. The molecule has 0 radical (unpaired) electrons. The van der Waals surface area contributed by atoms with Gasteiger partial charge in [0.25, 0.3) is 5.91 Å². The zero-order valence-electron chi connectivity index (χ0n) is 12.0. The molecular weight excluding hydrogens is 314 g/mol. The lowest BCUT2D eigenvalue weighted by atomic mass is 10.1. The summed E-state index contributed by atoms with van der Waals surface area (Å²) in [7, 11) is 0. The predicted molar refractivity (Wildman–Crippen MR) is 75.4 cm³/mol. The number of halogens is 4. The van der Waals surface area contributed by atoms with E-state index in [2.05, 4.69) is 5.32 Å². The van der Waals surface area contributed by atoms with Crippen LogP contribution in [0.1, 0.15) is 27.0 Å². The van der Waals surface area contributed by atoms with Crippen molar-refractivity contribution < 1.29 is 27.5 Å². The minimum atomic E-state index is -4.73. The van der Waals surface area contributed by atoms with E-state index in [0.717, 1.165) is 12.1 Å². The van der Waals surface area contributed by atoms with Gasteiger partial charge in [0, 0.05) is 6.54 Å². The molecule has 7 heteroatoms. The maximum Gasteiger partial charge on any atom is 0.416 e. The Kier molecular flexibility index (Phi) is 4.58. The summed E-state index contributed by atoms with van der Waals surface area (Å²) in [6.07, 6.45) is -4.73. The molecule has 1 amide bonds. The molecule has 0 aliphatic rings. The molecule has 3 nitrogen and oxygen atoms in total. The van der Waals surface area contributed by atoms with Gasteiger partial charge in [-0.05, 0) is 36.8 Å². The summed E-state index contributed by atoms with van der Waals surface area (Å²) >= 11 is 0. The first-order valence-electron chi connectivity index (χ1n) is 6.62. The fourth-order valence-corrected chi connectivity index (χ4v) is 2.07. The largest absolute Gasteiger partial charge is 0.507 e. The highest BCUT2D eigenvalue weighted by atomic mass is 19.4. The summed E-state index contributed by atoms with van der Waals surface area (Å²) in [6.45, 7) is 1.26. The van der Waals surface area contributed by atoms with Gasteiger partial charge in [-0.1, -0.05) is 17.7 Å². The Morgan fingerprint density at radius 2 is 1.87 bits per heavy atom. The van der Waals surface area contributed by atoms with Crippen LogP contribution >= 0.6 is 0 Å².